The molecule has 0 saturated heterocycles. The van der Waals surface area contributed by atoms with Gasteiger partial charge in [-0.25, -0.2) is 0 Å². The number of ether oxygens (including phenoxy) is 2. The maximum atomic E-state index is 11.2. The molecule has 6 N–H and O–H groups in total. The van der Waals surface area contributed by atoms with Gasteiger partial charge in [0.2, 0.25) is 0 Å². The van der Waals surface area contributed by atoms with Crippen LogP contribution in [0.2, 0.25) is 0 Å². The molecular weight excluding hydrogens is 322 g/mol. The van der Waals surface area contributed by atoms with Gasteiger partial charge in [0.1, 0.15) is 18.1 Å². The third-order valence-electron chi connectivity index (χ3n) is 3.53. The van der Waals surface area contributed by atoms with Gasteiger partial charge in [0.25, 0.3) is 0 Å². The molecule has 0 spiro atoms. The van der Waals surface area contributed by atoms with Crippen LogP contribution in [0.15, 0.2) is 47.9 Å². The van der Waals surface area contributed by atoms with E-state index in [0.29, 0.717) is 29.3 Å². The maximum absolute atomic E-state index is 11.2. The second-order valence-corrected chi connectivity index (χ2v) is 5.76. The van der Waals surface area contributed by atoms with E-state index in [2.05, 4.69) is 0 Å². The molecule has 0 bridgehead atoms. The molecular formula is C18H25N3O4. The summed E-state index contributed by atoms with van der Waals surface area (Å²) < 4.78 is 10.1. The lowest BCUT2D eigenvalue weighted by Crippen LogP contribution is -2.47. The Bertz CT molecular complexity index is 680. The Morgan fingerprint density at radius 3 is 2.20 bits per heavy atom. The summed E-state index contributed by atoms with van der Waals surface area (Å²) in [5.74, 6) is 1.16. The number of nitrogens with two attached hydrogens (primary N) is 3. The third-order valence-corrected chi connectivity index (χ3v) is 3.53. The second kappa shape index (κ2) is 8.89. The molecule has 0 radical (unpaired) electrons. The molecule has 0 amide bonds. The van der Waals surface area contributed by atoms with Crippen LogP contribution < -0.4 is 21.9 Å². The number of anilines is 1. The molecule has 2 rings (SSSR count). The van der Waals surface area contributed by atoms with Crippen LogP contribution in [0.25, 0.3) is 0 Å². The second-order valence-electron chi connectivity index (χ2n) is 5.76. The summed E-state index contributed by atoms with van der Waals surface area (Å²) >= 11 is 0. The smallest absolute Gasteiger partial charge is 0.167 e. The van der Waals surface area contributed by atoms with Crippen molar-refractivity contribution in [2.45, 2.75) is 25.8 Å². The molecule has 0 fully saturated rings. The topological polar surface area (TPSA) is 131 Å². The van der Waals surface area contributed by atoms with Gasteiger partial charge in [-0.3, -0.25) is 9.59 Å². The standard InChI is InChI=1S/C9H14N2O2.C9H11NO2/c1-6(12)9(11)4-3-8(13-2)7(10)5-9;1-7(11)6-12-9-4-2-8(10)3-5-9/h3-4H,5,10-11H2,1-2H3;2-5H,6,10H2,1H3. The highest BCUT2D eigenvalue weighted by molar-refractivity contribution is 5.89. The SMILES string of the molecule is CC(=O)COc1ccc(N)cc1.COC1=C(N)CC(N)(C(C)=O)C=C1. The van der Waals surface area contributed by atoms with Crippen molar-refractivity contribution in [3.05, 3.63) is 47.9 Å². The number of ketones is 2. The van der Waals surface area contributed by atoms with Crippen LogP contribution >= 0.6 is 0 Å². The molecule has 0 aliphatic heterocycles. The number of carbonyl (C=O) groups excluding carboxylic acids is 2. The van der Waals surface area contributed by atoms with Crippen molar-refractivity contribution in [3.63, 3.8) is 0 Å². The van der Waals surface area contributed by atoms with Crippen LogP contribution in [0.5, 0.6) is 5.75 Å². The lowest BCUT2D eigenvalue weighted by Gasteiger charge is -2.26. The van der Waals surface area contributed by atoms with E-state index < -0.39 is 5.54 Å². The highest BCUT2D eigenvalue weighted by Crippen LogP contribution is 2.23. The molecule has 7 nitrogen and oxygen atoms in total. The van der Waals surface area contributed by atoms with E-state index in [-0.39, 0.29) is 18.2 Å². The number of benzene rings is 1. The van der Waals surface area contributed by atoms with Gasteiger partial charge in [0, 0.05) is 12.1 Å². The van der Waals surface area contributed by atoms with Crippen LogP contribution in [-0.2, 0) is 14.3 Å². The Morgan fingerprint density at radius 1 is 1.16 bits per heavy atom. The van der Waals surface area contributed by atoms with Crippen LogP contribution in [-0.4, -0.2) is 30.8 Å². The van der Waals surface area contributed by atoms with Crippen LogP contribution in [0.4, 0.5) is 5.69 Å². The van der Waals surface area contributed by atoms with Crippen molar-refractivity contribution in [1.29, 1.82) is 0 Å². The van der Waals surface area contributed by atoms with E-state index in [0.717, 1.165) is 0 Å². The summed E-state index contributed by atoms with van der Waals surface area (Å²) in [5, 5.41) is 0. The Labute approximate surface area is 147 Å². The number of hydrogen-bond acceptors (Lipinski definition) is 7. The number of allylic oxidation sites excluding steroid dienone is 1. The van der Waals surface area contributed by atoms with Gasteiger partial charge in [-0.1, -0.05) is 6.08 Å². The Balaban J connectivity index is 0.000000251. The van der Waals surface area contributed by atoms with E-state index in [1.165, 1.54) is 21.0 Å². The summed E-state index contributed by atoms with van der Waals surface area (Å²) in [6, 6.07) is 6.93. The first-order valence-electron chi connectivity index (χ1n) is 7.67. The molecule has 0 saturated carbocycles. The number of Topliss-reactive ketones (excluding diaryl/α,β-unsaturated/α-hetero) is 2. The molecule has 1 aromatic carbocycles. The number of hydrogen-bond donors (Lipinski definition) is 3. The quantitative estimate of drug-likeness (QED) is 0.684. The van der Waals surface area contributed by atoms with Crippen molar-refractivity contribution < 1.29 is 19.1 Å². The number of methoxy groups -OCH3 is 1. The first-order chi connectivity index (χ1) is 11.7. The van der Waals surface area contributed by atoms with E-state index in [1.54, 1.807) is 36.4 Å². The minimum absolute atomic E-state index is 0.00632. The van der Waals surface area contributed by atoms with Gasteiger partial charge in [-0.05, 0) is 44.2 Å². The van der Waals surface area contributed by atoms with E-state index >= 15 is 0 Å². The Kier molecular flexibility index (Phi) is 7.20. The van der Waals surface area contributed by atoms with Gasteiger partial charge >= 0.3 is 0 Å². The normalized spacial score (nSPS) is 18.9. The molecule has 136 valence electrons. The van der Waals surface area contributed by atoms with Gasteiger partial charge in [-0.2, -0.15) is 0 Å². The zero-order valence-corrected chi connectivity index (χ0v) is 14.7. The molecule has 0 aromatic heterocycles. The number of carbonyl (C=O) groups is 2. The van der Waals surface area contributed by atoms with Gasteiger partial charge < -0.3 is 26.7 Å². The fourth-order valence-electron chi connectivity index (χ4n) is 1.98. The lowest BCUT2D eigenvalue weighted by molar-refractivity contribution is -0.120. The Morgan fingerprint density at radius 2 is 1.76 bits per heavy atom. The summed E-state index contributed by atoms with van der Waals surface area (Å²) in [5.41, 5.74) is 17.2. The van der Waals surface area contributed by atoms with E-state index in [9.17, 15) is 9.59 Å². The van der Waals surface area contributed by atoms with Gasteiger partial charge in [0.15, 0.2) is 11.6 Å². The molecule has 25 heavy (non-hydrogen) atoms. The van der Waals surface area contributed by atoms with Crippen molar-refractivity contribution in [3.8, 4) is 5.75 Å². The molecule has 1 aromatic rings. The highest BCUT2D eigenvalue weighted by atomic mass is 16.5. The van der Waals surface area contributed by atoms with Crippen LogP contribution in [0.3, 0.4) is 0 Å². The van der Waals surface area contributed by atoms with E-state index in [4.69, 9.17) is 26.7 Å². The first-order valence-corrected chi connectivity index (χ1v) is 7.67. The highest BCUT2D eigenvalue weighted by Gasteiger charge is 2.31. The first kappa shape index (κ1) is 20.2. The predicted octanol–water partition coefficient (Wildman–Crippen LogP) is 1.29. The van der Waals surface area contributed by atoms with Crippen LogP contribution in [0, 0.1) is 0 Å². The van der Waals surface area contributed by atoms with Crippen LogP contribution in [0.1, 0.15) is 20.3 Å². The van der Waals surface area contributed by atoms with Gasteiger partial charge in [0.05, 0.1) is 18.3 Å². The third kappa shape index (κ3) is 6.31. The molecule has 1 aliphatic rings. The Hall–Kier alpha value is -2.80. The van der Waals surface area contributed by atoms with Crippen molar-refractivity contribution in [2.75, 3.05) is 19.5 Å². The number of nitrogen functional groups attached to an aromatic ring is 1. The zero-order chi connectivity index (χ0) is 19.0. The molecule has 1 unspecified atom stereocenters. The van der Waals surface area contributed by atoms with E-state index in [1.807, 2.05) is 0 Å². The molecule has 1 atom stereocenters. The zero-order valence-electron chi connectivity index (χ0n) is 14.7. The summed E-state index contributed by atoms with van der Waals surface area (Å²) in [6.45, 7) is 3.05. The lowest BCUT2D eigenvalue weighted by atomic mass is 9.86. The fourth-order valence-corrected chi connectivity index (χ4v) is 1.98. The maximum Gasteiger partial charge on any atom is 0.167 e. The van der Waals surface area contributed by atoms with Crippen molar-refractivity contribution in [2.24, 2.45) is 11.5 Å². The summed E-state index contributed by atoms with van der Waals surface area (Å²) in [4.78, 5) is 21.7. The summed E-state index contributed by atoms with van der Waals surface area (Å²) in [7, 11) is 1.53. The minimum Gasteiger partial charge on any atom is -0.495 e. The fraction of sp³-hybridized carbons (Fsp3) is 0.333. The molecule has 7 heteroatoms. The summed E-state index contributed by atoms with van der Waals surface area (Å²) in [6.07, 6.45) is 3.59. The van der Waals surface area contributed by atoms with Crippen molar-refractivity contribution in [1.82, 2.24) is 0 Å². The van der Waals surface area contributed by atoms with Crippen molar-refractivity contribution >= 4 is 17.3 Å². The molecule has 0 heterocycles. The average molecular weight is 347 g/mol. The predicted molar refractivity (Wildman–Crippen MR) is 96.6 cm³/mol. The minimum atomic E-state index is -0.952. The molecule has 1 aliphatic carbocycles. The van der Waals surface area contributed by atoms with Gasteiger partial charge in [-0.15, -0.1) is 0 Å². The largest absolute Gasteiger partial charge is 0.495 e. The monoisotopic (exact) mass is 347 g/mol. The average Bonchev–Trinajstić information content (AvgIpc) is 2.55. The number of rotatable bonds is 5.